The fourth-order valence-corrected chi connectivity index (χ4v) is 2.27. The number of ether oxygens (including phenoxy) is 1. The van der Waals surface area contributed by atoms with E-state index >= 15 is 0 Å². The number of nitrogens with zero attached hydrogens (tertiary/aromatic N) is 1. The second kappa shape index (κ2) is 8.06. The second-order valence-corrected chi connectivity index (χ2v) is 5.01. The highest BCUT2D eigenvalue weighted by Crippen LogP contribution is 2.17. The fourth-order valence-electron chi connectivity index (χ4n) is 2.27. The summed E-state index contributed by atoms with van der Waals surface area (Å²) in [5, 5.41) is 0. The molecule has 1 amide bonds. The van der Waals surface area contributed by atoms with Gasteiger partial charge < -0.3 is 9.64 Å². The van der Waals surface area contributed by atoms with E-state index in [9.17, 15) is 14.4 Å². The molecule has 0 heterocycles. The summed E-state index contributed by atoms with van der Waals surface area (Å²) in [6, 6.07) is 14.9. The Bertz CT molecular complexity index is 723. The zero-order chi connectivity index (χ0) is 17.5. The number of benzene rings is 2. The summed E-state index contributed by atoms with van der Waals surface area (Å²) in [7, 11) is 0. The van der Waals surface area contributed by atoms with Gasteiger partial charge >= 0.3 is 5.97 Å². The molecule has 0 spiro atoms. The monoisotopic (exact) mass is 325 g/mol. The molecule has 24 heavy (non-hydrogen) atoms. The van der Waals surface area contributed by atoms with Crippen LogP contribution in [0.3, 0.4) is 0 Å². The molecule has 0 N–H and O–H groups in total. The SMILES string of the molecule is CCOC(=O)c1ccc(N(CC)C(=O)C(=O)c2ccccc2)cc1. The van der Waals surface area contributed by atoms with E-state index in [0.29, 0.717) is 30.0 Å². The molecule has 5 nitrogen and oxygen atoms in total. The van der Waals surface area contributed by atoms with Crippen molar-refractivity contribution in [1.29, 1.82) is 0 Å². The van der Waals surface area contributed by atoms with Crippen LogP contribution >= 0.6 is 0 Å². The fraction of sp³-hybridized carbons (Fsp3) is 0.211. The van der Waals surface area contributed by atoms with Gasteiger partial charge in [-0.05, 0) is 38.1 Å². The number of amides is 1. The van der Waals surface area contributed by atoms with Crippen molar-refractivity contribution in [1.82, 2.24) is 0 Å². The molecule has 0 radical (unpaired) electrons. The molecule has 0 aromatic heterocycles. The molecule has 5 heteroatoms. The minimum atomic E-state index is -0.604. The van der Waals surface area contributed by atoms with E-state index in [1.54, 1.807) is 68.4 Å². The number of esters is 1. The smallest absolute Gasteiger partial charge is 0.338 e. The van der Waals surface area contributed by atoms with E-state index in [1.165, 1.54) is 4.90 Å². The Balaban J connectivity index is 2.20. The Labute approximate surface area is 140 Å². The summed E-state index contributed by atoms with van der Waals surface area (Å²) in [6.45, 7) is 4.16. The number of anilines is 1. The second-order valence-electron chi connectivity index (χ2n) is 5.01. The van der Waals surface area contributed by atoms with E-state index in [0.717, 1.165) is 0 Å². The lowest BCUT2D eigenvalue weighted by atomic mass is 10.1. The number of likely N-dealkylation sites (N-methyl/N-ethyl adjacent to an activating group) is 1. The molecular weight excluding hydrogens is 306 g/mol. The van der Waals surface area contributed by atoms with Crippen LogP contribution in [0.2, 0.25) is 0 Å². The normalized spacial score (nSPS) is 10.1. The Kier molecular flexibility index (Phi) is 5.84. The summed E-state index contributed by atoms with van der Waals surface area (Å²) >= 11 is 0. The maximum absolute atomic E-state index is 12.5. The van der Waals surface area contributed by atoms with Crippen LogP contribution in [-0.4, -0.2) is 30.8 Å². The highest BCUT2D eigenvalue weighted by atomic mass is 16.5. The van der Waals surface area contributed by atoms with Crippen LogP contribution in [0.4, 0.5) is 5.69 Å². The first-order chi connectivity index (χ1) is 11.6. The standard InChI is InChI=1S/C19H19NO4/c1-3-20(18(22)17(21)14-8-6-5-7-9-14)16-12-10-15(11-13-16)19(23)24-4-2/h5-13H,3-4H2,1-2H3. The lowest BCUT2D eigenvalue weighted by molar-refractivity contribution is -0.114. The molecule has 0 aliphatic heterocycles. The van der Waals surface area contributed by atoms with Gasteiger partial charge in [0.15, 0.2) is 0 Å². The van der Waals surface area contributed by atoms with Gasteiger partial charge in [0.05, 0.1) is 12.2 Å². The summed E-state index contributed by atoms with van der Waals surface area (Å²) < 4.78 is 4.92. The Morgan fingerprint density at radius 1 is 0.875 bits per heavy atom. The number of carbonyl (C=O) groups excluding carboxylic acids is 3. The molecule has 124 valence electrons. The van der Waals surface area contributed by atoms with Crippen molar-refractivity contribution in [3.05, 3.63) is 65.7 Å². The number of hydrogen-bond acceptors (Lipinski definition) is 4. The van der Waals surface area contributed by atoms with Crippen molar-refractivity contribution >= 4 is 23.3 Å². The number of hydrogen-bond donors (Lipinski definition) is 0. The van der Waals surface area contributed by atoms with Crippen LogP contribution in [-0.2, 0) is 9.53 Å². The summed E-state index contributed by atoms with van der Waals surface area (Å²) in [5.41, 5.74) is 1.31. The van der Waals surface area contributed by atoms with Gasteiger partial charge in [-0.25, -0.2) is 4.79 Å². The molecule has 2 rings (SSSR count). The number of carbonyl (C=O) groups is 3. The van der Waals surface area contributed by atoms with Gasteiger partial charge in [0, 0.05) is 17.8 Å². The van der Waals surface area contributed by atoms with E-state index in [2.05, 4.69) is 0 Å². The maximum Gasteiger partial charge on any atom is 0.338 e. The van der Waals surface area contributed by atoms with Gasteiger partial charge in [0.2, 0.25) is 0 Å². The number of rotatable bonds is 6. The lowest BCUT2D eigenvalue weighted by Gasteiger charge is -2.20. The Hall–Kier alpha value is -2.95. The van der Waals surface area contributed by atoms with Crippen molar-refractivity contribution in [2.24, 2.45) is 0 Å². The molecule has 0 aliphatic rings. The molecule has 0 fully saturated rings. The zero-order valence-corrected chi connectivity index (χ0v) is 13.7. The average Bonchev–Trinajstić information content (AvgIpc) is 2.63. The topological polar surface area (TPSA) is 63.7 Å². The third-order valence-corrected chi connectivity index (χ3v) is 3.48. The van der Waals surface area contributed by atoms with Crippen molar-refractivity contribution in [2.75, 3.05) is 18.1 Å². The van der Waals surface area contributed by atoms with Gasteiger partial charge in [-0.1, -0.05) is 30.3 Å². The highest BCUT2D eigenvalue weighted by molar-refractivity contribution is 6.47. The molecule has 2 aromatic rings. The van der Waals surface area contributed by atoms with Gasteiger partial charge in [-0.2, -0.15) is 0 Å². The van der Waals surface area contributed by atoms with Crippen LogP contribution in [0.1, 0.15) is 34.6 Å². The summed E-state index contributed by atoms with van der Waals surface area (Å²) in [6.07, 6.45) is 0. The third kappa shape index (κ3) is 3.87. The molecular formula is C19H19NO4. The first-order valence-corrected chi connectivity index (χ1v) is 7.76. The zero-order valence-electron chi connectivity index (χ0n) is 13.7. The van der Waals surface area contributed by atoms with Crippen LogP contribution in [0.5, 0.6) is 0 Å². The van der Waals surface area contributed by atoms with Crippen LogP contribution in [0.15, 0.2) is 54.6 Å². The Morgan fingerprint density at radius 3 is 2.04 bits per heavy atom. The van der Waals surface area contributed by atoms with Crippen molar-refractivity contribution in [3.63, 3.8) is 0 Å². The van der Waals surface area contributed by atoms with Crippen LogP contribution < -0.4 is 4.90 Å². The van der Waals surface area contributed by atoms with E-state index in [4.69, 9.17) is 4.74 Å². The minimum absolute atomic E-state index is 0.297. The van der Waals surface area contributed by atoms with Crippen molar-refractivity contribution < 1.29 is 19.1 Å². The van der Waals surface area contributed by atoms with Crippen molar-refractivity contribution in [2.45, 2.75) is 13.8 Å². The first-order valence-electron chi connectivity index (χ1n) is 7.76. The van der Waals surface area contributed by atoms with E-state index < -0.39 is 17.7 Å². The van der Waals surface area contributed by atoms with Gasteiger partial charge in [0.1, 0.15) is 0 Å². The molecule has 2 aromatic carbocycles. The van der Waals surface area contributed by atoms with E-state index in [-0.39, 0.29) is 0 Å². The van der Waals surface area contributed by atoms with Crippen molar-refractivity contribution in [3.8, 4) is 0 Å². The molecule has 0 aliphatic carbocycles. The quantitative estimate of drug-likeness (QED) is 0.465. The Morgan fingerprint density at radius 2 is 1.50 bits per heavy atom. The van der Waals surface area contributed by atoms with Gasteiger partial charge in [-0.3, -0.25) is 9.59 Å². The number of Topliss-reactive ketones (excluding diaryl/α,β-unsaturated/α-hetero) is 1. The average molecular weight is 325 g/mol. The minimum Gasteiger partial charge on any atom is -0.462 e. The van der Waals surface area contributed by atoms with Crippen LogP contribution in [0, 0.1) is 0 Å². The predicted octanol–water partition coefficient (Wildman–Crippen LogP) is 3.10. The molecule has 0 saturated carbocycles. The van der Waals surface area contributed by atoms with Gasteiger partial charge in [0.25, 0.3) is 11.7 Å². The van der Waals surface area contributed by atoms with E-state index in [1.807, 2.05) is 0 Å². The highest BCUT2D eigenvalue weighted by Gasteiger charge is 2.23. The van der Waals surface area contributed by atoms with Gasteiger partial charge in [-0.15, -0.1) is 0 Å². The lowest BCUT2D eigenvalue weighted by Crippen LogP contribution is -2.36. The summed E-state index contributed by atoms with van der Waals surface area (Å²) in [4.78, 5) is 37.8. The third-order valence-electron chi connectivity index (χ3n) is 3.48. The number of ketones is 1. The maximum atomic E-state index is 12.5. The summed E-state index contributed by atoms with van der Waals surface area (Å²) in [5.74, 6) is -1.58. The molecule has 0 atom stereocenters. The molecule has 0 saturated heterocycles. The first kappa shape index (κ1) is 17.4. The molecule has 0 bridgehead atoms. The van der Waals surface area contributed by atoms with Crippen LogP contribution in [0.25, 0.3) is 0 Å². The largest absolute Gasteiger partial charge is 0.462 e. The predicted molar refractivity (Wildman–Crippen MR) is 91.2 cm³/mol. The molecule has 0 unspecified atom stereocenters.